The molecule has 0 aromatic carbocycles. The van der Waals surface area contributed by atoms with Gasteiger partial charge in [-0.1, -0.05) is 121 Å². The van der Waals surface area contributed by atoms with Crippen molar-refractivity contribution in [3.05, 3.63) is 0 Å². The highest BCUT2D eigenvalue weighted by Gasteiger charge is 2.44. The number of carbonyl (C=O) groups is 1. The number of alkyl halides is 2. The lowest BCUT2D eigenvalue weighted by molar-refractivity contribution is -0.433. The molecule has 0 unspecified atom stereocenters. The normalized spacial score (nSPS) is 11.7. The number of ether oxygens (including phenoxy) is 1. The van der Waals surface area contributed by atoms with Crippen LogP contribution in [0.5, 0.6) is 0 Å². The molecular formula is C22H42F2O5S. The molecule has 180 valence electrons. The summed E-state index contributed by atoms with van der Waals surface area (Å²) in [5.74, 6) is -1.70. The van der Waals surface area contributed by atoms with Gasteiger partial charge in [-0.3, -0.25) is 0 Å². The first-order valence-corrected chi connectivity index (χ1v) is 12.5. The van der Waals surface area contributed by atoms with Crippen LogP contribution in [-0.2, 0) is 18.9 Å². The summed E-state index contributed by atoms with van der Waals surface area (Å²) < 4.78 is 34.3. The number of esters is 1. The van der Waals surface area contributed by atoms with Gasteiger partial charge in [0.2, 0.25) is 0 Å². The van der Waals surface area contributed by atoms with Gasteiger partial charge in [-0.05, 0) is 6.42 Å². The number of rotatable bonds is 23. The summed E-state index contributed by atoms with van der Waals surface area (Å²) in [4.78, 5) is 11.1. The summed E-state index contributed by atoms with van der Waals surface area (Å²) in [6.45, 7) is 2.21. The van der Waals surface area contributed by atoms with E-state index < -0.39 is 23.3 Å². The van der Waals surface area contributed by atoms with Crippen LogP contribution in [0.15, 0.2) is 0 Å². The quantitative estimate of drug-likeness (QED) is 0.0549. The predicted octanol–water partition coefficient (Wildman–Crippen LogP) is 8.23. The molecule has 0 saturated heterocycles. The van der Waals surface area contributed by atoms with Gasteiger partial charge in [0.25, 0.3) is 0 Å². The molecule has 0 aliphatic rings. The SMILES string of the molecule is CCCCCCCCCCCCCCCCCCCCOC(=O)C(F)(F)SOOO. The molecule has 8 heteroatoms. The molecular weight excluding hydrogens is 414 g/mol. The van der Waals surface area contributed by atoms with Gasteiger partial charge in [0.1, 0.15) is 12.0 Å². The molecule has 5 nitrogen and oxygen atoms in total. The van der Waals surface area contributed by atoms with Crippen LogP contribution in [0.4, 0.5) is 8.78 Å². The zero-order chi connectivity index (χ0) is 22.3. The molecule has 0 saturated carbocycles. The Labute approximate surface area is 185 Å². The molecule has 30 heavy (non-hydrogen) atoms. The number of hydrogen-bond donors (Lipinski definition) is 1. The van der Waals surface area contributed by atoms with E-state index in [1.807, 2.05) is 0 Å². The lowest BCUT2D eigenvalue weighted by Gasteiger charge is -2.12. The second kappa shape index (κ2) is 21.8. The molecule has 0 aliphatic carbocycles. The molecule has 0 heterocycles. The summed E-state index contributed by atoms with van der Waals surface area (Å²) >= 11 is -0.603. The van der Waals surface area contributed by atoms with Gasteiger partial charge in [-0.15, -0.1) is 4.33 Å². The molecule has 0 spiro atoms. The fourth-order valence-electron chi connectivity index (χ4n) is 3.34. The maximum Gasteiger partial charge on any atom is 0.415 e. The molecule has 0 radical (unpaired) electrons. The lowest BCUT2D eigenvalue weighted by Crippen LogP contribution is -2.27. The van der Waals surface area contributed by atoms with Crippen molar-refractivity contribution in [3.8, 4) is 0 Å². The lowest BCUT2D eigenvalue weighted by atomic mass is 10.0. The van der Waals surface area contributed by atoms with Gasteiger partial charge in [-0.25, -0.2) is 10.1 Å². The molecule has 0 aliphatic heterocycles. The van der Waals surface area contributed by atoms with Crippen molar-refractivity contribution in [2.24, 2.45) is 0 Å². The van der Waals surface area contributed by atoms with Crippen molar-refractivity contribution in [2.75, 3.05) is 6.61 Å². The van der Waals surface area contributed by atoms with E-state index in [4.69, 9.17) is 5.26 Å². The zero-order valence-electron chi connectivity index (χ0n) is 18.7. The van der Waals surface area contributed by atoms with E-state index in [2.05, 4.69) is 21.0 Å². The van der Waals surface area contributed by atoms with Gasteiger partial charge < -0.3 is 4.74 Å². The summed E-state index contributed by atoms with van der Waals surface area (Å²) in [7, 11) is 0. The van der Waals surface area contributed by atoms with Crippen LogP contribution in [0, 0.1) is 0 Å². The topological polar surface area (TPSA) is 65.0 Å². The van der Waals surface area contributed by atoms with Crippen LogP contribution in [0.25, 0.3) is 0 Å². The largest absolute Gasteiger partial charge is 0.460 e. The van der Waals surface area contributed by atoms with E-state index in [0.29, 0.717) is 6.42 Å². The third kappa shape index (κ3) is 19.5. The van der Waals surface area contributed by atoms with Gasteiger partial charge in [0.05, 0.1) is 6.61 Å². The van der Waals surface area contributed by atoms with Crippen molar-refractivity contribution in [1.29, 1.82) is 0 Å². The third-order valence-corrected chi connectivity index (χ3v) is 5.64. The van der Waals surface area contributed by atoms with Gasteiger partial charge in [0.15, 0.2) is 0 Å². The fourth-order valence-corrected chi connectivity index (χ4v) is 3.59. The number of hydrogen-bond acceptors (Lipinski definition) is 6. The molecule has 0 bridgehead atoms. The minimum absolute atomic E-state index is 0.0479. The summed E-state index contributed by atoms with van der Waals surface area (Å²) in [6.07, 6.45) is 22.4. The van der Waals surface area contributed by atoms with Crippen molar-refractivity contribution in [3.63, 3.8) is 0 Å². The molecule has 0 atom stereocenters. The molecule has 0 fully saturated rings. The van der Waals surface area contributed by atoms with E-state index in [9.17, 15) is 13.6 Å². The van der Waals surface area contributed by atoms with Crippen LogP contribution < -0.4 is 0 Å². The second-order valence-corrected chi connectivity index (χ2v) is 8.70. The Bertz CT molecular complexity index is 387. The molecule has 1 N–H and O–H groups in total. The van der Waals surface area contributed by atoms with E-state index in [0.717, 1.165) is 19.3 Å². The Morgan fingerprint density at radius 2 is 1.10 bits per heavy atom. The highest BCUT2D eigenvalue weighted by Crippen LogP contribution is 2.31. The first-order chi connectivity index (χ1) is 14.5. The molecule has 0 aromatic rings. The monoisotopic (exact) mass is 456 g/mol. The zero-order valence-corrected chi connectivity index (χ0v) is 19.5. The number of unbranched alkanes of at least 4 members (excludes halogenated alkanes) is 17. The maximum absolute atomic E-state index is 13.1. The van der Waals surface area contributed by atoms with Crippen molar-refractivity contribution < 1.29 is 32.9 Å². The summed E-state index contributed by atoms with van der Waals surface area (Å²) in [6, 6.07) is 0. The Morgan fingerprint density at radius 1 is 0.733 bits per heavy atom. The number of halogens is 2. The van der Waals surface area contributed by atoms with Crippen molar-refractivity contribution >= 4 is 18.0 Å². The first kappa shape index (κ1) is 29.6. The van der Waals surface area contributed by atoms with Crippen molar-refractivity contribution in [1.82, 2.24) is 0 Å². The summed E-state index contributed by atoms with van der Waals surface area (Å²) in [5, 5.41) is 6.97. The van der Waals surface area contributed by atoms with E-state index in [-0.39, 0.29) is 6.61 Å². The predicted molar refractivity (Wildman–Crippen MR) is 117 cm³/mol. The Balaban J connectivity index is 3.24. The van der Waals surface area contributed by atoms with Gasteiger partial charge in [-0.2, -0.15) is 8.78 Å². The average molecular weight is 457 g/mol. The Hall–Kier alpha value is -0.440. The Morgan fingerprint density at radius 3 is 1.47 bits per heavy atom. The summed E-state index contributed by atoms with van der Waals surface area (Å²) in [5.41, 5.74) is 0. The first-order valence-electron chi connectivity index (χ1n) is 11.8. The minimum Gasteiger partial charge on any atom is -0.460 e. The fraction of sp³-hybridized carbons (Fsp3) is 0.955. The van der Waals surface area contributed by atoms with Crippen LogP contribution >= 0.6 is 12.0 Å². The van der Waals surface area contributed by atoms with E-state index in [1.54, 1.807) is 0 Å². The van der Waals surface area contributed by atoms with Crippen LogP contribution in [-0.4, -0.2) is 23.1 Å². The smallest absolute Gasteiger partial charge is 0.415 e. The highest BCUT2D eigenvalue weighted by atomic mass is 32.2. The van der Waals surface area contributed by atoms with E-state index >= 15 is 0 Å². The van der Waals surface area contributed by atoms with Gasteiger partial charge in [0, 0.05) is 0 Å². The van der Waals surface area contributed by atoms with E-state index in [1.165, 1.54) is 89.9 Å². The standard InChI is InChI=1S/C22H42F2O5S/c1-2-3-4-5-6-7-8-9-10-11-12-13-14-15-16-17-18-19-20-27-21(25)22(23,24)30-29-28-26/h26H,2-20H2,1H3. The molecule has 0 aromatic heterocycles. The molecule has 0 rings (SSSR count). The van der Waals surface area contributed by atoms with Crippen LogP contribution in [0.2, 0.25) is 0 Å². The van der Waals surface area contributed by atoms with Gasteiger partial charge >= 0.3 is 11.2 Å². The minimum atomic E-state index is -3.91. The molecule has 0 amide bonds. The average Bonchev–Trinajstić information content (AvgIpc) is 2.73. The van der Waals surface area contributed by atoms with Crippen molar-refractivity contribution in [2.45, 2.75) is 128 Å². The third-order valence-electron chi connectivity index (χ3n) is 5.14. The Kier molecular flexibility index (Phi) is 21.5. The van der Waals surface area contributed by atoms with Crippen LogP contribution in [0.3, 0.4) is 0 Å². The second-order valence-electron chi connectivity index (χ2n) is 7.89. The maximum atomic E-state index is 13.1. The highest BCUT2D eigenvalue weighted by molar-refractivity contribution is 7.96. The number of carbonyl (C=O) groups excluding carboxylic acids is 1. The van der Waals surface area contributed by atoms with Crippen LogP contribution in [0.1, 0.15) is 122 Å².